The van der Waals surface area contributed by atoms with Gasteiger partial charge >= 0.3 is 6.09 Å². The molecule has 2 bridgehead atoms. The van der Waals surface area contributed by atoms with Crippen molar-refractivity contribution in [1.29, 1.82) is 0 Å². The maximum absolute atomic E-state index is 12.7. The van der Waals surface area contributed by atoms with Crippen molar-refractivity contribution in [3.05, 3.63) is 53.9 Å². The molecule has 3 fully saturated rings. The summed E-state index contributed by atoms with van der Waals surface area (Å²) in [6.45, 7) is 3.20. The summed E-state index contributed by atoms with van der Waals surface area (Å²) in [4.78, 5) is 19.2. The number of carbonyl (C=O) groups is 1. The number of nitrogens with zero attached hydrogens (tertiary/aromatic N) is 2. The average molecular weight is 377 g/mol. The summed E-state index contributed by atoms with van der Waals surface area (Å²) >= 11 is 0. The molecule has 1 amide bonds. The first kappa shape index (κ1) is 17.7. The van der Waals surface area contributed by atoms with Crippen molar-refractivity contribution in [2.75, 3.05) is 19.6 Å². The Morgan fingerprint density at radius 2 is 1.89 bits per heavy atom. The van der Waals surface area contributed by atoms with E-state index in [1.165, 1.54) is 16.7 Å². The number of amides is 1. The Hall–Kier alpha value is -2.40. The maximum Gasteiger partial charge on any atom is 0.407 e. The molecule has 6 rings (SSSR count). The highest BCUT2D eigenvalue weighted by molar-refractivity contribution is 5.69. The second-order valence-electron chi connectivity index (χ2n) is 8.32. The maximum atomic E-state index is 12.7. The van der Waals surface area contributed by atoms with Crippen molar-refractivity contribution in [2.45, 2.75) is 44.2 Å². The van der Waals surface area contributed by atoms with Crippen molar-refractivity contribution in [2.24, 2.45) is 5.92 Å². The topological polar surface area (TPSA) is 54.5 Å². The monoisotopic (exact) mass is 377 g/mol. The number of piperidine rings is 3. The molecule has 1 aliphatic carbocycles. The average Bonchev–Trinajstić information content (AvgIpc) is 2.75. The number of hydrogen-bond donors (Lipinski definition) is 1. The van der Waals surface area contributed by atoms with E-state index in [-0.39, 0.29) is 18.2 Å². The number of aromatic nitrogens is 1. The lowest BCUT2D eigenvalue weighted by Crippen LogP contribution is -2.52. The third-order valence-electron chi connectivity index (χ3n) is 6.62. The fourth-order valence-electron chi connectivity index (χ4n) is 5.03. The van der Waals surface area contributed by atoms with Gasteiger partial charge in [0, 0.05) is 18.9 Å². The first-order valence-corrected chi connectivity index (χ1v) is 10.5. The minimum atomic E-state index is -0.258. The van der Waals surface area contributed by atoms with Gasteiger partial charge in [-0.05, 0) is 91.6 Å². The Labute approximate surface area is 166 Å². The minimum Gasteiger partial charge on any atom is -0.445 e. The van der Waals surface area contributed by atoms with Gasteiger partial charge in [0.25, 0.3) is 0 Å². The van der Waals surface area contributed by atoms with Gasteiger partial charge in [-0.2, -0.15) is 0 Å². The highest BCUT2D eigenvalue weighted by atomic mass is 16.6. The van der Waals surface area contributed by atoms with Crippen LogP contribution in [-0.2, 0) is 11.2 Å². The standard InChI is InChI=1S/C23H27N3O2/c27-23(28-22-15-26-12-8-18(22)9-13-26)25-21-3-1-2-17-4-5-19(14-20(17)21)16-6-10-24-11-7-16/h4-7,10-11,14,18,21-22H,1-3,8-9,12-13,15H2,(H,25,27)/t21?,22-/m0/s1. The van der Waals surface area contributed by atoms with Crippen molar-refractivity contribution < 1.29 is 9.53 Å². The fourth-order valence-corrected chi connectivity index (χ4v) is 5.03. The summed E-state index contributed by atoms with van der Waals surface area (Å²) in [6.07, 6.45) is 8.84. The molecule has 3 aliphatic heterocycles. The van der Waals surface area contributed by atoms with Crippen LogP contribution in [0.25, 0.3) is 11.1 Å². The molecule has 1 N–H and O–H groups in total. The molecular formula is C23H27N3O2. The van der Waals surface area contributed by atoms with Gasteiger partial charge in [0.05, 0.1) is 6.04 Å². The van der Waals surface area contributed by atoms with Crippen LogP contribution >= 0.6 is 0 Å². The molecule has 0 saturated carbocycles. The first-order valence-electron chi connectivity index (χ1n) is 10.5. The summed E-state index contributed by atoms with van der Waals surface area (Å²) in [6, 6.07) is 10.7. The van der Waals surface area contributed by atoms with E-state index >= 15 is 0 Å². The minimum absolute atomic E-state index is 0.0270. The van der Waals surface area contributed by atoms with E-state index in [0.717, 1.165) is 57.3 Å². The third-order valence-corrected chi connectivity index (χ3v) is 6.62. The van der Waals surface area contributed by atoms with E-state index in [1.807, 2.05) is 24.5 Å². The van der Waals surface area contributed by atoms with E-state index in [1.54, 1.807) is 0 Å². The number of nitrogens with one attached hydrogen (secondary N) is 1. The fraction of sp³-hybridized carbons (Fsp3) is 0.478. The first-order chi connectivity index (χ1) is 13.8. The van der Waals surface area contributed by atoms with Crippen molar-refractivity contribution in [3.8, 4) is 11.1 Å². The molecule has 4 heterocycles. The number of ether oxygens (including phenoxy) is 1. The van der Waals surface area contributed by atoms with Crippen molar-refractivity contribution in [3.63, 3.8) is 0 Å². The van der Waals surface area contributed by atoms with Crippen LogP contribution in [0.3, 0.4) is 0 Å². The summed E-state index contributed by atoms with van der Waals surface area (Å²) in [7, 11) is 0. The summed E-state index contributed by atoms with van der Waals surface area (Å²) in [5.41, 5.74) is 4.88. The van der Waals surface area contributed by atoms with Gasteiger partial charge < -0.3 is 10.1 Å². The highest BCUT2D eigenvalue weighted by Crippen LogP contribution is 2.34. The smallest absolute Gasteiger partial charge is 0.407 e. The van der Waals surface area contributed by atoms with Gasteiger partial charge in [-0.3, -0.25) is 9.88 Å². The van der Waals surface area contributed by atoms with Crippen LogP contribution in [0.2, 0.25) is 0 Å². The van der Waals surface area contributed by atoms with Gasteiger partial charge in [-0.15, -0.1) is 0 Å². The third kappa shape index (κ3) is 3.51. The molecule has 1 aromatic heterocycles. The lowest BCUT2D eigenvalue weighted by molar-refractivity contribution is -0.0340. The lowest BCUT2D eigenvalue weighted by Gasteiger charge is -2.44. The summed E-state index contributed by atoms with van der Waals surface area (Å²) < 4.78 is 5.86. The molecule has 1 unspecified atom stereocenters. The number of benzene rings is 1. The van der Waals surface area contributed by atoms with E-state index < -0.39 is 0 Å². The quantitative estimate of drug-likeness (QED) is 0.880. The number of alkyl carbamates (subject to hydrolysis) is 1. The van der Waals surface area contributed by atoms with Crippen LogP contribution in [0.1, 0.15) is 42.9 Å². The zero-order valence-corrected chi connectivity index (χ0v) is 16.1. The summed E-state index contributed by atoms with van der Waals surface area (Å²) in [5.74, 6) is 0.535. The predicted octanol–water partition coefficient (Wildman–Crippen LogP) is 3.95. The van der Waals surface area contributed by atoms with E-state index in [4.69, 9.17) is 4.74 Å². The zero-order chi connectivity index (χ0) is 18.9. The molecule has 5 nitrogen and oxygen atoms in total. The predicted molar refractivity (Wildman–Crippen MR) is 108 cm³/mol. The zero-order valence-electron chi connectivity index (χ0n) is 16.1. The Morgan fingerprint density at radius 1 is 1.07 bits per heavy atom. The number of rotatable bonds is 3. The molecular weight excluding hydrogens is 350 g/mol. The highest BCUT2D eigenvalue weighted by Gasteiger charge is 2.37. The Bertz CT molecular complexity index is 846. The van der Waals surface area contributed by atoms with E-state index in [2.05, 4.69) is 33.4 Å². The van der Waals surface area contributed by atoms with E-state index in [0.29, 0.717) is 5.92 Å². The molecule has 0 radical (unpaired) electrons. The van der Waals surface area contributed by atoms with Crippen LogP contribution in [-0.4, -0.2) is 41.7 Å². The Morgan fingerprint density at radius 3 is 2.64 bits per heavy atom. The molecule has 3 saturated heterocycles. The lowest BCUT2D eigenvalue weighted by atomic mass is 9.85. The molecule has 5 heteroatoms. The van der Waals surface area contributed by atoms with Crippen LogP contribution < -0.4 is 5.32 Å². The number of pyridine rings is 1. The van der Waals surface area contributed by atoms with E-state index in [9.17, 15) is 4.79 Å². The Kier molecular flexibility index (Phi) is 4.77. The molecule has 28 heavy (non-hydrogen) atoms. The SMILES string of the molecule is O=C(NC1CCCc2ccc(-c3ccncc3)cc21)O[C@H]1CN2CCC1CC2. The van der Waals surface area contributed by atoms with Crippen molar-refractivity contribution >= 4 is 6.09 Å². The Balaban J connectivity index is 1.31. The number of fused-ring (bicyclic) bond motifs is 4. The van der Waals surface area contributed by atoms with Crippen LogP contribution in [0.5, 0.6) is 0 Å². The molecule has 0 spiro atoms. The molecule has 2 atom stereocenters. The molecule has 2 aromatic rings. The molecule has 4 aliphatic rings. The van der Waals surface area contributed by atoms with Crippen LogP contribution in [0.4, 0.5) is 4.79 Å². The molecule has 146 valence electrons. The summed E-state index contributed by atoms with van der Waals surface area (Å²) in [5, 5.41) is 3.17. The second-order valence-corrected chi connectivity index (χ2v) is 8.32. The van der Waals surface area contributed by atoms with Gasteiger partial charge in [-0.25, -0.2) is 4.79 Å². The van der Waals surface area contributed by atoms with Crippen LogP contribution in [0.15, 0.2) is 42.7 Å². The van der Waals surface area contributed by atoms with Gasteiger partial charge in [-0.1, -0.05) is 12.1 Å². The van der Waals surface area contributed by atoms with Gasteiger partial charge in [0.2, 0.25) is 0 Å². The second kappa shape index (κ2) is 7.55. The number of hydrogen-bond acceptors (Lipinski definition) is 4. The van der Waals surface area contributed by atoms with Gasteiger partial charge in [0.1, 0.15) is 6.10 Å². The number of carbonyl (C=O) groups excluding carboxylic acids is 1. The number of aryl methyl sites for hydroxylation is 1. The normalized spacial score (nSPS) is 28.4. The van der Waals surface area contributed by atoms with Crippen molar-refractivity contribution in [1.82, 2.24) is 15.2 Å². The molecule has 1 aromatic carbocycles. The van der Waals surface area contributed by atoms with Crippen LogP contribution in [0, 0.1) is 5.92 Å². The largest absolute Gasteiger partial charge is 0.445 e. The van der Waals surface area contributed by atoms with Gasteiger partial charge in [0.15, 0.2) is 0 Å².